The lowest BCUT2D eigenvalue weighted by Crippen LogP contribution is -2.51. The molecule has 3 saturated carbocycles. The number of hydrogen-bond donors (Lipinski definition) is 1. The van der Waals surface area contributed by atoms with Gasteiger partial charge in [-0.1, -0.05) is 81.5 Å². The molecule has 8 atom stereocenters. The van der Waals surface area contributed by atoms with Crippen molar-refractivity contribution in [1.29, 1.82) is 0 Å². The molecule has 272 valence electrons. The predicted octanol–water partition coefficient (Wildman–Crippen LogP) is 7.99. The molecule has 7 nitrogen and oxygen atoms in total. The standard InChI is InChI=1S/C39H68BrNO6/c1-29(2)7-6-8-30(3)34-11-12-35-33-10-9-31-27-32(13-15-38(31,4)36(33)14-16-39(34,35)5)47-26-25-46-24-23-45-22-21-44-20-19-43-18-17-41-37(42)28-40/h9,29-30,32-36H,6-8,10-28H2,1-5H3,(H,41,42)/t30-,32+,33+,34?,35+,36+,38+,39-/m1/s1. The van der Waals surface area contributed by atoms with Gasteiger partial charge in [0.05, 0.1) is 70.9 Å². The maximum Gasteiger partial charge on any atom is 0.230 e. The van der Waals surface area contributed by atoms with Crippen molar-refractivity contribution in [2.45, 2.75) is 111 Å². The molecule has 8 heteroatoms. The van der Waals surface area contributed by atoms with Gasteiger partial charge in [-0.05, 0) is 97.7 Å². The fourth-order valence-corrected chi connectivity index (χ4v) is 10.3. The van der Waals surface area contributed by atoms with Crippen LogP contribution >= 0.6 is 15.9 Å². The third-order valence-electron chi connectivity index (χ3n) is 12.6. The Bertz CT molecular complexity index is 962. The van der Waals surface area contributed by atoms with Crippen molar-refractivity contribution in [3.63, 3.8) is 0 Å². The number of allylic oxidation sites excluding steroid dienone is 1. The van der Waals surface area contributed by atoms with Gasteiger partial charge in [-0.3, -0.25) is 4.79 Å². The van der Waals surface area contributed by atoms with E-state index in [1.54, 1.807) is 5.57 Å². The van der Waals surface area contributed by atoms with E-state index < -0.39 is 0 Å². The summed E-state index contributed by atoms with van der Waals surface area (Å²) < 4.78 is 28.7. The van der Waals surface area contributed by atoms with Crippen LogP contribution in [0.5, 0.6) is 0 Å². The Morgan fingerprint density at radius 2 is 1.51 bits per heavy atom. The summed E-state index contributed by atoms with van der Waals surface area (Å²) in [5.74, 6) is 5.28. The van der Waals surface area contributed by atoms with Crippen molar-refractivity contribution < 1.29 is 28.5 Å². The minimum Gasteiger partial charge on any atom is -0.377 e. The molecule has 0 radical (unpaired) electrons. The quantitative estimate of drug-likeness (QED) is 0.0693. The summed E-state index contributed by atoms with van der Waals surface area (Å²) in [6.45, 7) is 18.1. The highest BCUT2D eigenvalue weighted by Gasteiger charge is 2.59. The number of carbonyl (C=O) groups is 1. The number of alkyl halides is 1. The van der Waals surface area contributed by atoms with Crippen molar-refractivity contribution in [1.82, 2.24) is 5.32 Å². The number of carbonyl (C=O) groups excluding carboxylic acids is 1. The Morgan fingerprint density at radius 1 is 0.851 bits per heavy atom. The van der Waals surface area contributed by atoms with Crippen molar-refractivity contribution in [3.8, 4) is 0 Å². The molecule has 0 heterocycles. The first-order valence-electron chi connectivity index (χ1n) is 19.1. The minimum atomic E-state index is -0.0361. The van der Waals surface area contributed by atoms with Crippen LogP contribution in [0.25, 0.3) is 0 Å². The largest absolute Gasteiger partial charge is 0.377 e. The number of fused-ring (bicyclic) bond motifs is 5. The smallest absolute Gasteiger partial charge is 0.230 e. The maximum absolute atomic E-state index is 11.1. The molecule has 4 aliphatic rings. The Kier molecular flexibility index (Phi) is 16.5. The van der Waals surface area contributed by atoms with Crippen LogP contribution in [-0.4, -0.2) is 83.3 Å². The molecule has 0 bridgehead atoms. The summed E-state index contributed by atoms with van der Waals surface area (Å²) in [5, 5.41) is 3.05. The van der Waals surface area contributed by atoms with E-state index in [0.29, 0.717) is 88.3 Å². The highest BCUT2D eigenvalue weighted by atomic mass is 79.9. The lowest BCUT2D eigenvalue weighted by molar-refractivity contribution is -0.118. The van der Waals surface area contributed by atoms with Gasteiger partial charge in [0.15, 0.2) is 0 Å². The second-order valence-electron chi connectivity index (χ2n) is 16.0. The second-order valence-corrected chi connectivity index (χ2v) is 16.5. The zero-order valence-electron chi connectivity index (χ0n) is 30.5. The molecule has 4 aliphatic carbocycles. The Hall–Kier alpha value is -0.510. The molecule has 0 aliphatic heterocycles. The number of halogens is 1. The zero-order chi connectivity index (χ0) is 33.7. The van der Waals surface area contributed by atoms with Crippen LogP contribution in [0.2, 0.25) is 0 Å². The van der Waals surface area contributed by atoms with E-state index >= 15 is 0 Å². The van der Waals surface area contributed by atoms with E-state index in [0.717, 1.165) is 41.9 Å². The molecule has 1 unspecified atom stereocenters. The van der Waals surface area contributed by atoms with Gasteiger partial charge in [-0.15, -0.1) is 0 Å². The van der Waals surface area contributed by atoms with E-state index in [2.05, 4.69) is 61.9 Å². The summed E-state index contributed by atoms with van der Waals surface area (Å²) in [6, 6.07) is 0. The van der Waals surface area contributed by atoms with E-state index in [9.17, 15) is 4.79 Å². The molecule has 0 spiro atoms. The fraction of sp³-hybridized carbons (Fsp3) is 0.923. The van der Waals surface area contributed by atoms with Crippen LogP contribution < -0.4 is 5.32 Å². The van der Waals surface area contributed by atoms with Crippen LogP contribution in [-0.2, 0) is 28.5 Å². The van der Waals surface area contributed by atoms with Gasteiger partial charge >= 0.3 is 0 Å². The third-order valence-corrected chi connectivity index (χ3v) is 13.2. The van der Waals surface area contributed by atoms with Gasteiger partial charge in [-0.2, -0.15) is 0 Å². The monoisotopic (exact) mass is 725 g/mol. The number of nitrogens with one attached hydrogen (secondary N) is 1. The number of rotatable bonds is 22. The topological polar surface area (TPSA) is 75.2 Å². The van der Waals surface area contributed by atoms with Crippen LogP contribution in [0, 0.1) is 46.3 Å². The average molecular weight is 727 g/mol. The second kappa shape index (κ2) is 19.8. The SMILES string of the molecule is CC(C)CCC[C@@H](C)C1CC[C@H]2[C@@H]3CC=C4C[C@@H](OCCOCCOCCOCCOCCNC(=O)CBr)CC[C@]4(C)[C@H]3CC[C@]12C. The number of amides is 1. The Balaban J connectivity index is 1.06. The molecular weight excluding hydrogens is 658 g/mol. The molecule has 0 aromatic rings. The fourth-order valence-electron chi connectivity index (χ4n) is 10.1. The Morgan fingerprint density at radius 3 is 2.17 bits per heavy atom. The first kappa shape index (κ1) is 39.3. The highest BCUT2D eigenvalue weighted by Crippen LogP contribution is 2.67. The number of ether oxygens (including phenoxy) is 5. The summed E-state index contributed by atoms with van der Waals surface area (Å²) in [6.07, 6.45) is 17.9. The molecule has 4 rings (SSSR count). The van der Waals surface area contributed by atoms with E-state index in [4.69, 9.17) is 23.7 Å². The van der Waals surface area contributed by atoms with Gasteiger partial charge in [-0.25, -0.2) is 0 Å². The third kappa shape index (κ3) is 11.0. The van der Waals surface area contributed by atoms with E-state index in [1.807, 2.05) is 0 Å². The van der Waals surface area contributed by atoms with Crippen molar-refractivity contribution in [2.24, 2.45) is 46.3 Å². The van der Waals surface area contributed by atoms with Crippen LogP contribution in [0.4, 0.5) is 0 Å². The lowest BCUT2D eigenvalue weighted by Gasteiger charge is -2.58. The van der Waals surface area contributed by atoms with E-state index in [-0.39, 0.29) is 5.91 Å². The van der Waals surface area contributed by atoms with E-state index in [1.165, 1.54) is 64.2 Å². The van der Waals surface area contributed by atoms with Gasteiger partial charge in [0.25, 0.3) is 0 Å². The molecule has 3 fully saturated rings. The lowest BCUT2D eigenvalue weighted by atomic mass is 9.47. The van der Waals surface area contributed by atoms with Crippen molar-refractivity contribution in [3.05, 3.63) is 11.6 Å². The average Bonchev–Trinajstić information content (AvgIpc) is 3.41. The first-order chi connectivity index (χ1) is 22.7. The molecule has 0 aromatic heterocycles. The van der Waals surface area contributed by atoms with Crippen molar-refractivity contribution in [2.75, 3.05) is 71.3 Å². The number of hydrogen-bond acceptors (Lipinski definition) is 6. The van der Waals surface area contributed by atoms with Crippen LogP contribution in [0.15, 0.2) is 11.6 Å². The van der Waals surface area contributed by atoms with Gasteiger partial charge in [0, 0.05) is 6.54 Å². The first-order valence-corrected chi connectivity index (χ1v) is 20.3. The summed E-state index contributed by atoms with van der Waals surface area (Å²) >= 11 is 3.11. The molecule has 0 aromatic carbocycles. The summed E-state index contributed by atoms with van der Waals surface area (Å²) in [5.41, 5.74) is 2.64. The molecule has 47 heavy (non-hydrogen) atoms. The van der Waals surface area contributed by atoms with Gasteiger partial charge in [0.2, 0.25) is 5.91 Å². The molecule has 1 N–H and O–H groups in total. The summed E-state index contributed by atoms with van der Waals surface area (Å²) in [4.78, 5) is 11.1. The highest BCUT2D eigenvalue weighted by molar-refractivity contribution is 9.09. The molecule has 0 saturated heterocycles. The van der Waals surface area contributed by atoms with Crippen LogP contribution in [0.3, 0.4) is 0 Å². The van der Waals surface area contributed by atoms with Crippen molar-refractivity contribution >= 4 is 21.8 Å². The minimum absolute atomic E-state index is 0.0361. The van der Waals surface area contributed by atoms with Gasteiger partial charge < -0.3 is 29.0 Å². The zero-order valence-corrected chi connectivity index (χ0v) is 32.1. The van der Waals surface area contributed by atoms with Crippen LogP contribution in [0.1, 0.15) is 105 Å². The molecular formula is C39H68BrNO6. The van der Waals surface area contributed by atoms with Gasteiger partial charge in [0.1, 0.15) is 0 Å². The predicted molar refractivity (Wildman–Crippen MR) is 193 cm³/mol. The summed E-state index contributed by atoms with van der Waals surface area (Å²) in [7, 11) is 0. The normalized spacial score (nSPS) is 32.4. The maximum atomic E-state index is 11.1. The molecule has 1 amide bonds. The Labute approximate surface area is 295 Å².